The highest BCUT2D eigenvalue weighted by molar-refractivity contribution is 7.09. The number of hydrogen-bond acceptors (Lipinski definition) is 4. The van der Waals surface area contributed by atoms with Crippen molar-refractivity contribution >= 4 is 17.2 Å². The van der Waals surface area contributed by atoms with Gasteiger partial charge in [-0.05, 0) is 38.4 Å². The van der Waals surface area contributed by atoms with E-state index in [0.717, 1.165) is 32.5 Å². The molecule has 2 heterocycles. The van der Waals surface area contributed by atoms with Crippen LogP contribution in [0.1, 0.15) is 17.7 Å². The van der Waals surface area contributed by atoms with Gasteiger partial charge >= 0.3 is 0 Å². The van der Waals surface area contributed by atoms with Crippen LogP contribution in [0.3, 0.4) is 0 Å². The highest BCUT2D eigenvalue weighted by Gasteiger charge is 2.23. The smallest absolute Gasteiger partial charge is 0.223 e. The Kier molecular flexibility index (Phi) is 6.01. The molecule has 1 atom stereocenters. The first-order chi connectivity index (χ1) is 9.65. The van der Waals surface area contributed by atoms with Crippen LogP contribution in [0.4, 0.5) is 0 Å². The standard InChI is InChI=1S/C15H24N2O2S/c1-16(2)8-7-13-12-17(9-10-19-13)15(18)6-5-14-4-3-11-20-14/h3-4,11,13H,5-10,12H2,1-2H3/t13-/m0/s1. The fourth-order valence-corrected chi connectivity index (χ4v) is 3.07. The van der Waals surface area contributed by atoms with Crippen molar-refractivity contribution in [3.05, 3.63) is 22.4 Å². The molecule has 112 valence electrons. The highest BCUT2D eigenvalue weighted by Crippen LogP contribution is 2.14. The number of hydrogen-bond donors (Lipinski definition) is 0. The van der Waals surface area contributed by atoms with Gasteiger partial charge in [0.25, 0.3) is 0 Å². The summed E-state index contributed by atoms with van der Waals surface area (Å²) in [6.07, 6.45) is 2.65. The first kappa shape index (κ1) is 15.5. The molecule has 1 amide bonds. The molecule has 5 heteroatoms. The van der Waals surface area contributed by atoms with Gasteiger partial charge in [-0.15, -0.1) is 11.3 Å². The van der Waals surface area contributed by atoms with Crippen LogP contribution >= 0.6 is 11.3 Å². The van der Waals surface area contributed by atoms with Gasteiger partial charge in [-0.1, -0.05) is 6.07 Å². The second kappa shape index (κ2) is 7.76. The Balaban J connectivity index is 1.74. The molecule has 0 radical (unpaired) electrons. The van der Waals surface area contributed by atoms with Crippen LogP contribution in [0.15, 0.2) is 17.5 Å². The van der Waals surface area contributed by atoms with Crippen molar-refractivity contribution in [2.24, 2.45) is 0 Å². The van der Waals surface area contributed by atoms with E-state index in [4.69, 9.17) is 4.74 Å². The van der Waals surface area contributed by atoms with Crippen LogP contribution in [-0.4, -0.2) is 62.1 Å². The van der Waals surface area contributed by atoms with Crippen LogP contribution in [0.25, 0.3) is 0 Å². The van der Waals surface area contributed by atoms with Gasteiger partial charge in [-0.3, -0.25) is 4.79 Å². The van der Waals surface area contributed by atoms with Gasteiger partial charge in [-0.2, -0.15) is 0 Å². The zero-order valence-corrected chi connectivity index (χ0v) is 13.2. The van der Waals surface area contributed by atoms with Crippen molar-refractivity contribution < 1.29 is 9.53 Å². The van der Waals surface area contributed by atoms with Crippen LogP contribution in [0, 0.1) is 0 Å². The number of thiophene rings is 1. The molecular weight excluding hydrogens is 272 g/mol. The maximum Gasteiger partial charge on any atom is 0.223 e. The Hall–Kier alpha value is -0.910. The van der Waals surface area contributed by atoms with E-state index in [0.29, 0.717) is 13.0 Å². The minimum absolute atomic E-state index is 0.192. The van der Waals surface area contributed by atoms with Gasteiger partial charge in [-0.25, -0.2) is 0 Å². The average Bonchev–Trinajstić information content (AvgIpc) is 2.96. The topological polar surface area (TPSA) is 32.8 Å². The summed E-state index contributed by atoms with van der Waals surface area (Å²) in [6.45, 7) is 3.16. The Morgan fingerprint density at radius 3 is 3.10 bits per heavy atom. The lowest BCUT2D eigenvalue weighted by atomic mass is 10.1. The van der Waals surface area contributed by atoms with Gasteiger partial charge in [0.15, 0.2) is 0 Å². The summed E-state index contributed by atoms with van der Waals surface area (Å²) in [5, 5.41) is 2.06. The fraction of sp³-hybridized carbons (Fsp3) is 0.667. The van der Waals surface area contributed by atoms with Crippen LogP contribution in [0.2, 0.25) is 0 Å². The third kappa shape index (κ3) is 4.89. The molecule has 0 spiro atoms. The van der Waals surface area contributed by atoms with Gasteiger partial charge in [0.2, 0.25) is 5.91 Å². The van der Waals surface area contributed by atoms with E-state index in [-0.39, 0.29) is 12.0 Å². The third-order valence-corrected chi connectivity index (χ3v) is 4.49. The van der Waals surface area contributed by atoms with E-state index in [1.54, 1.807) is 11.3 Å². The lowest BCUT2D eigenvalue weighted by molar-refractivity contribution is -0.139. The van der Waals surface area contributed by atoms with Crippen LogP contribution in [-0.2, 0) is 16.0 Å². The number of carbonyl (C=O) groups excluding carboxylic acids is 1. The second-order valence-electron chi connectivity index (χ2n) is 5.50. The Morgan fingerprint density at radius 1 is 1.55 bits per heavy atom. The summed E-state index contributed by atoms with van der Waals surface area (Å²) in [4.78, 5) is 17.7. The third-order valence-electron chi connectivity index (χ3n) is 3.56. The van der Waals surface area contributed by atoms with Crippen molar-refractivity contribution in [2.75, 3.05) is 40.3 Å². The van der Waals surface area contributed by atoms with Crippen molar-refractivity contribution in [2.45, 2.75) is 25.4 Å². The molecule has 2 rings (SSSR count). The molecule has 1 aromatic rings. The molecular formula is C15H24N2O2S. The number of carbonyl (C=O) groups is 1. The van der Waals surface area contributed by atoms with Crippen molar-refractivity contribution in [1.29, 1.82) is 0 Å². The molecule has 0 saturated carbocycles. The van der Waals surface area contributed by atoms with E-state index in [1.807, 2.05) is 11.0 Å². The number of aryl methyl sites for hydroxylation is 1. The maximum absolute atomic E-state index is 12.2. The fourth-order valence-electron chi connectivity index (χ4n) is 2.37. The number of nitrogens with zero attached hydrogens (tertiary/aromatic N) is 2. The number of amides is 1. The minimum atomic E-state index is 0.192. The Bertz CT molecular complexity index is 406. The Labute approximate surface area is 125 Å². The predicted octanol–water partition coefficient (Wildman–Crippen LogP) is 1.86. The number of rotatable bonds is 6. The molecule has 0 aliphatic carbocycles. The van der Waals surface area contributed by atoms with Crippen LogP contribution < -0.4 is 0 Å². The molecule has 0 N–H and O–H groups in total. The van der Waals surface area contributed by atoms with Gasteiger partial charge in [0.05, 0.1) is 12.7 Å². The van der Waals surface area contributed by atoms with Crippen LogP contribution in [0.5, 0.6) is 0 Å². The van der Waals surface area contributed by atoms with E-state index in [1.165, 1.54) is 4.88 Å². The summed E-state index contributed by atoms with van der Waals surface area (Å²) in [6, 6.07) is 4.13. The summed E-state index contributed by atoms with van der Waals surface area (Å²) in [5.74, 6) is 0.261. The molecule has 1 fully saturated rings. The second-order valence-corrected chi connectivity index (χ2v) is 6.54. The molecule has 0 unspecified atom stereocenters. The minimum Gasteiger partial charge on any atom is -0.374 e. The van der Waals surface area contributed by atoms with Gasteiger partial charge in [0, 0.05) is 30.9 Å². The summed E-state index contributed by atoms with van der Waals surface area (Å²) in [7, 11) is 4.12. The average molecular weight is 296 g/mol. The zero-order valence-electron chi connectivity index (χ0n) is 12.4. The van der Waals surface area contributed by atoms with Crippen molar-refractivity contribution in [1.82, 2.24) is 9.80 Å². The summed E-state index contributed by atoms with van der Waals surface area (Å²) < 4.78 is 5.74. The lowest BCUT2D eigenvalue weighted by Crippen LogP contribution is -2.46. The largest absolute Gasteiger partial charge is 0.374 e. The number of morpholine rings is 1. The number of ether oxygens (including phenoxy) is 1. The molecule has 20 heavy (non-hydrogen) atoms. The van der Waals surface area contributed by atoms with E-state index >= 15 is 0 Å². The molecule has 1 aliphatic rings. The predicted molar refractivity (Wildman–Crippen MR) is 82.1 cm³/mol. The normalized spacial score (nSPS) is 19.6. The molecule has 1 aromatic heterocycles. The van der Waals surface area contributed by atoms with Crippen molar-refractivity contribution in [3.8, 4) is 0 Å². The van der Waals surface area contributed by atoms with E-state index < -0.39 is 0 Å². The monoisotopic (exact) mass is 296 g/mol. The van der Waals surface area contributed by atoms with Gasteiger partial charge in [0.1, 0.15) is 0 Å². The molecule has 4 nitrogen and oxygen atoms in total. The van der Waals surface area contributed by atoms with E-state index in [9.17, 15) is 4.79 Å². The highest BCUT2D eigenvalue weighted by atomic mass is 32.1. The molecule has 1 saturated heterocycles. The zero-order chi connectivity index (χ0) is 14.4. The summed E-state index contributed by atoms with van der Waals surface area (Å²) in [5.41, 5.74) is 0. The molecule has 0 aromatic carbocycles. The van der Waals surface area contributed by atoms with Crippen molar-refractivity contribution in [3.63, 3.8) is 0 Å². The molecule has 1 aliphatic heterocycles. The Morgan fingerprint density at radius 2 is 2.40 bits per heavy atom. The van der Waals surface area contributed by atoms with E-state index in [2.05, 4.69) is 30.4 Å². The molecule has 0 bridgehead atoms. The summed E-state index contributed by atoms with van der Waals surface area (Å²) >= 11 is 1.72. The van der Waals surface area contributed by atoms with Gasteiger partial charge < -0.3 is 14.5 Å². The SMILES string of the molecule is CN(C)CC[C@H]1CN(C(=O)CCc2cccs2)CCO1. The first-order valence-electron chi connectivity index (χ1n) is 7.21. The lowest BCUT2D eigenvalue weighted by Gasteiger charge is -2.33. The first-order valence-corrected chi connectivity index (χ1v) is 8.09. The maximum atomic E-state index is 12.2. The quantitative estimate of drug-likeness (QED) is 0.803.